The molecule has 0 saturated carbocycles. The van der Waals surface area contributed by atoms with Crippen molar-refractivity contribution in [3.63, 3.8) is 0 Å². The first-order valence-corrected chi connectivity index (χ1v) is 9.41. The number of benzene rings is 1. The smallest absolute Gasteiger partial charge is 0.261 e. The molecule has 2 aliphatic heterocycles. The number of imidazole rings is 1. The number of para-hydroxylation sites is 1. The lowest BCUT2D eigenvalue weighted by Crippen LogP contribution is -2.23. The maximum absolute atomic E-state index is 12.9. The SMILES string of the molecule is O=C1NC(=O)C(c2cnc3cnccn23)=C1c1cn2c3c(cccc13)CNCC2. The summed E-state index contributed by atoms with van der Waals surface area (Å²) in [5, 5.41) is 6.86. The van der Waals surface area contributed by atoms with E-state index < -0.39 is 5.91 Å². The van der Waals surface area contributed by atoms with Gasteiger partial charge in [0, 0.05) is 49.2 Å². The van der Waals surface area contributed by atoms with Crippen LogP contribution in [0.2, 0.25) is 0 Å². The van der Waals surface area contributed by atoms with Crippen molar-refractivity contribution in [2.24, 2.45) is 0 Å². The summed E-state index contributed by atoms with van der Waals surface area (Å²) >= 11 is 0. The van der Waals surface area contributed by atoms with Gasteiger partial charge >= 0.3 is 0 Å². The Labute approximate surface area is 164 Å². The molecule has 6 rings (SSSR count). The van der Waals surface area contributed by atoms with E-state index in [2.05, 4.69) is 31.2 Å². The molecule has 8 heteroatoms. The van der Waals surface area contributed by atoms with Gasteiger partial charge in [0.2, 0.25) is 0 Å². The summed E-state index contributed by atoms with van der Waals surface area (Å²) in [6.45, 7) is 2.42. The summed E-state index contributed by atoms with van der Waals surface area (Å²) < 4.78 is 3.94. The van der Waals surface area contributed by atoms with Crippen LogP contribution >= 0.6 is 0 Å². The Morgan fingerprint density at radius 2 is 1.97 bits per heavy atom. The van der Waals surface area contributed by atoms with Crippen molar-refractivity contribution in [3.05, 3.63) is 66.0 Å². The molecule has 2 aliphatic rings. The molecule has 0 fully saturated rings. The topological polar surface area (TPSA) is 93.3 Å². The zero-order valence-electron chi connectivity index (χ0n) is 15.3. The molecule has 1 aromatic carbocycles. The van der Waals surface area contributed by atoms with E-state index in [9.17, 15) is 9.59 Å². The number of hydrogen-bond acceptors (Lipinski definition) is 5. The molecule has 2 amide bonds. The average molecular weight is 384 g/mol. The first-order chi connectivity index (χ1) is 14.2. The number of carbonyl (C=O) groups is 2. The van der Waals surface area contributed by atoms with Crippen molar-refractivity contribution in [2.75, 3.05) is 6.54 Å². The number of hydrogen-bond donors (Lipinski definition) is 2. The van der Waals surface area contributed by atoms with E-state index in [-0.39, 0.29) is 5.91 Å². The molecule has 0 unspecified atom stereocenters. The molecule has 5 heterocycles. The molecule has 2 N–H and O–H groups in total. The Bertz CT molecular complexity index is 1380. The van der Waals surface area contributed by atoms with Gasteiger partial charge in [0.25, 0.3) is 11.8 Å². The van der Waals surface area contributed by atoms with Gasteiger partial charge in [0.05, 0.1) is 34.8 Å². The molecule has 0 aliphatic carbocycles. The number of nitrogens with one attached hydrogen (secondary N) is 2. The van der Waals surface area contributed by atoms with Crippen LogP contribution in [0.3, 0.4) is 0 Å². The molecule has 3 aromatic heterocycles. The number of fused-ring (bicyclic) bond motifs is 1. The predicted octanol–water partition coefficient (Wildman–Crippen LogP) is 1.35. The minimum atomic E-state index is -0.408. The first kappa shape index (κ1) is 16.2. The average Bonchev–Trinajstić information content (AvgIpc) is 3.33. The highest BCUT2D eigenvalue weighted by Gasteiger charge is 2.35. The van der Waals surface area contributed by atoms with Crippen LogP contribution in [-0.2, 0) is 22.7 Å². The Morgan fingerprint density at radius 1 is 1.07 bits per heavy atom. The number of rotatable bonds is 2. The van der Waals surface area contributed by atoms with Crippen LogP contribution in [0.1, 0.15) is 16.8 Å². The molecule has 0 spiro atoms. The third-order valence-corrected chi connectivity index (χ3v) is 5.60. The van der Waals surface area contributed by atoms with Gasteiger partial charge in [-0.3, -0.25) is 24.3 Å². The highest BCUT2D eigenvalue weighted by molar-refractivity contribution is 6.49. The van der Waals surface area contributed by atoms with Gasteiger partial charge in [0.1, 0.15) is 0 Å². The molecule has 29 heavy (non-hydrogen) atoms. The molecule has 142 valence electrons. The van der Waals surface area contributed by atoms with Crippen molar-refractivity contribution in [2.45, 2.75) is 13.1 Å². The molecule has 0 bridgehead atoms. The molecule has 0 radical (unpaired) electrons. The van der Waals surface area contributed by atoms with Crippen molar-refractivity contribution < 1.29 is 9.59 Å². The summed E-state index contributed by atoms with van der Waals surface area (Å²) in [5.74, 6) is -0.789. The van der Waals surface area contributed by atoms with Gasteiger partial charge in [-0.25, -0.2) is 4.98 Å². The largest absolute Gasteiger partial charge is 0.345 e. The lowest BCUT2D eigenvalue weighted by atomic mass is 9.98. The molecular formula is C21H16N6O2. The molecule has 4 aromatic rings. The van der Waals surface area contributed by atoms with E-state index in [0.717, 1.165) is 36.1 Å². The third kappa shape index (κ3) is 2.23. The van der Waals surface area contributed by atoms with Gasteiger partial charge in [-0.05, 0) is 5.56 Å². The van der Waals surface area contributed by atoms with E-state index in [1.165, 1.54) is 5.56 Å². The fraction of sp³-hybridized carbons (Fsp3) is 0.143. The summed E-state index contributed by atoms with van der Waals surface area (Å²) in [6.07, 6.45) is 8.59. The van der Waals surface area contributed by atoms with Gasteiger partial charge in [-0.2, -0.15) is 0 Å². The third-order valence-electron chi connectivity index (χ3n) is 5.60. The standard InChI is InChI=1S/C21H16N6O2/c28-20-17(14-11-26-6-4-22-8-12-2-1-3-13(14)19(12)26)18(21(29)25-20)15-9-24-16-10-23-5-7-27(15)16/h1-3,5,7,9-11,22H,4,6,8H2,(H,25,28,29). The fourth-order valence-corrected chi connectivity index (χ4v) is 4.36. The first-order valence-electron chi connectivity index (χ1n) is 9.41. The molecular weight excluding hydrogens is 368 g/mol. The van der Waals surface area contributed by atoms with Gasteiger partial charge in [-0.1, -0.05) is 18.2 Å². The molecule has 8 nitrogen and oxygen atoms in total. The van der Waals surface area contributed by atoms with E-state index in [4.69, 9.17) is 0 Å². The quantitative estimate of drug-likeness (QED) is 0.509. The summed E-state index contributed by atoms with van der Waals surface area (Å²) in [5.41, 5.74) is 4.98. The monoisotopic (exact) mass is 384 g/mol. The van der Waals surface area contributed by atoms with Crippen LogP contribution < -0.4 is 10.6 Å². The van der Waals surface area contributed by atoms with Crippen LogP contribution in [0.15, 0.2) is 49.2 Å². The van der Waals surface area contributed by atoms with Crippen molar-refractivity contribution >= 4 is 39.5 Å². The predicted molar refractivity (Wildman–Crippen MR) is 107 cm³/mol. The molecule has 0 atom stereocenters. The number of carbonyl (C=O) groups excluding carboxylic acids is 2. The maximum Gasteiger partial charge on any atom is 0.261 e. The minimum Gasteiger partial charge on any atom is -0.345 e. The minimum absolute atomic E-state index is 0.341. The zero-order chi connectivity index (χ0) is 19.5. The fourth-order valence-electron chi connectivity index (χ4n) is 4.36. The van der Waals surface area contributed by atoms with E-state index in [1.807, 2.05) is 18.3 Å². The second-order valence-electron chi connectivity index (χ2n) is 7.21. The highest BCUT2D eigenvalue weighted by Crippen LogP contribution is 2.37. The molecule has 0 saturated heterocycles. The number of aromatic nitrogens is 4. The van der Waals surface area contributed by atoms with E-state index in [1.54, 1.807) is 29.2 Å². The van der Waals surface area contributed by atoms with Crippen molar-refractivity contribution in [3.8, 4) is 0 Å². The lowest BCUT2D eigenvalue weighted by Gasteiger charge is -2.05. The summed E-state index contributed by atoms with van der Waals surface area (Å²) in [7, 11) is 0. The Kier molecular flexibility index (Phi) is 3.27. The number of nitrogens with zero attached hydrogens (tertiary/aromatic N) is 4. The second kappa shape index (κ2) is 5.86. The summed E-state index contributed by atoms with van der Waals surface area (Å²) in [6, 6.07) is 6.09. The summed E-state index contributed by atoms with van der Waals surface area (Å²) in [4.78, 5) is 34.1. The van der Waals surface area contributed by atoms with E-state index in [0.29, 0.717) is 22.5 Å². The van der Waals surface area contributed by atoms with E-state index >= 15 is 0 Å². The van der Waals surface area contributed by atoms with Gasteiger partial charge in [-0.15, -0.1) is 0 Å². The van der Waals surface area contributed by atoms with Gasteiger partial charge < -0.3 is 9.88 Å². The zero-order valence-corrected chi connectivity index (χ0v) is 15.3. The Hall–Kier alpha value is -3.78. The van der Waals surface area contributed by atoms with Crippen LogP contribution in [0.4, 0.5) is 0 Å². The van der Waals surface area contributed by atoms with Gasteiger partial charge in [0.15, 0.2) is 5.65 Å². The number of imide groups is 1. The Balaban J connectivity index is 1.68. The number of amides is 2. The van der Waals surface area contributed by atoms with Crippen molar-refractivity contribution in [1.82, 2.24) is 29.6 Å². The van der Waals surface area contributed by atoms with Crippen LogP contribution in [0, 0.1) is 0 Å². The van der Waals surface area contributed by atoms with Crippen LogP contribution in [0.5, 0.6) is 0 Å². The normalized spacial score (nSPS) is 16.7. The van der Waals surface area contributed by atoms with Crippen LogP contribution in [-0.4, -0.2) is 37.3 Å². The highest BCUT2D eigenvalue weighted by atomic mass is 16.2. The lowest BCUT2D eigenvalue weighted by molar-refractivity contribution is -0.122. The Morgan fingerprint density at radius 3 is 2.90 bits per heavy atom. The van der Waals surface area contributed by atoms with Crippen molar-refractivity contribution in [1.29, 1.82) is 0 Å². The maximum atomic E-state index is 12.9. The second-order valence-corrected chi connectivity index (χ2v) is 7.21. The van der Waals surface area contributed by atoms with Crippen LogP contribution in [0.25, 0.3) is 27.7 Å².